The number of ether oxygens (including phenoxy) is 2. The van der Waals surface area contributed by atoms with Gasteiger partial charge in [0.05, 0.1) is 12.7 Å². The normalized spacial score (nSPS) is 17.0. The molecule has 5 nitrogen and oxygen atoms in total. The number of esters is 1. The molecule has 1 aromatic rings. The zero-order valence-electron chi connectivity index (χ0n) is 13.4. The van der Waals surface area contributed by atoms with E-state index in [4.69, 9.17) is 4.74 Å². The van der Waals surface area contributed by atoms with Gasteiger partial charge in [-0.05, 0) is 49.9 Å². The van der Waals surface area contributed by atoms with Crippen LogP contribution >= 0.6 is 0 Å². The van der Waals surface area contributed by atoms with E-state index in [9.17, 15) is 9.59 Å². The van der Waals surface area contributed by atoms with Gasteiger partial charge in [0.15, 0.2) is 6.10 Å². The highest BCUT2D eigenvalue weighted by Crippen LogP contribution is 2.19. The van der Waals surface area contributed by atoms with Gasteiger partial charge in [0, 0.05) is 13.1 Å². The predicted octanol–water partition coefficient (Wildman–Crippen LogP) is 2.50. The van der Waals surface area contributed by atoms with Crippen LogP contribution in [0.3, 0.4) is 0 Å². The second kappa shape index (κ2) is 7.29. The maximum absolute atomic E-state index is 12.4. The van der Waals surface area contributed by atoms with Crippen molar-refractivity contribution in [2.45, 2.75) is 32.8 Å². The summed E-state index contributed by atoms with van der Waals surface area (Å²) in [7, 11) is 1.34. The molecule has 0 saturated carbocycles. The first-order valence-corrected chi connectivity index (χ1v) is 7.65. The number of nitrogens with zero attached hydrogens (tertiary/aromatic N) is 1. The molecule has 0 radical (unpaired) electrons. The highest BCUT2D eigenvalue weighted by atomic mass is 16.5. The molecule has 1 fully saturated rings. The molecule has 0 aromatic heterocycles. The minimum Gasteiger partial charge on any atom is -0.481 e. The number of rotatable bonds is 4. The Labute approximate surface area is 131 Å². The molecule has 0 aliphatic carbocycles. The van der Waals surface area contributed by atoms with E-state index in [0.717, 1.165) is 25.9 Å². The van der Waals surface area contributed by atoms with Gasteiger partial charge >= 0.3 is 5.97 Å². The van der Waals surface area contributed by atoms with Gasteiger partial charge in [-0.1, -0.05) is 6.92 Å². The molecule has 2 rings (SSSR count). The Bertz CT molecular complexity index is 518. The van der Waals surface area contributed by atoms with E-state index < -0.39 is 12.1 Å². The van der Waals surface area contributed by atoms with Gasteiger partial charge in [-0.3, -0.25) is 4.79 Å². The predicted molar refractivity (Wildman–Crippen MR) is 82.8 cm³/mol. The number of carbonyl (C=O) groups excluding carboxylic acids is 2. The van der Waals surface area contributed by atoms with Crippen molar-refractivity contribution in [3.8, 4) is 5.75 Å². The summed E-state index contributed by atoms with van der Waals surface area (Å²) in [5.41, 5.74) is 0.457. The maximum atomic E-state index is 12.4. The lowest BCUT2D eigenvalue weighted by Gasteiger charge is -2.32. The van der Waals surface area contributed by atoms with Gasteiger partial charge < -0.3 is 14.4 Å². The number of likely N-dealkylation sites (tertiary alicyclic amines) is 1. The van der Waals surface area contributed by atoms with Crippen molar-refractivity contribution in [1.29, 1.82) is 0 Å². The highest BCUT2D eigenvalue weighted by Gasteiger charge is 2.25. The van der Waals surface area contributed by atoms with Crippen LogP contribution in [-0.2, 0) is 9.53 Å². The fraction of sp³-hybridized carbons (Fsp3) is 0.529. The summed E-state index contributed by atoms with van der Waals surface area (Å²) in [5, 5.41) is 0. The average Bonchev–Trinajstić information content (AvgIpc) is 2.54. The lowest BCUT2D eigenvalue weighted by Crippen LogP contribution is -2.44. The van der Waals surface area contributed by atoms with Crippen molar-refractivity contribution in [2.24, 2.45) is 5.92 Å². The van der Waals surface area contributed by atoms with Crippen LogP contribution in [0.15, 0.2) is 24.3 Å². The Morgan fingerprint density at radius 3 is 2.32 bits per heavy atom. The van der Waals surface area contributed by atoms with Crippen molar-refractivity contribution < 1.29 is 19.1 Å². The first-order chi connectivity index (χ1) is 10.5. The first kappa shape index (κ1) is 16.3. The molecule has 22 heavy (non-hydrogen) atoms. The van der Waals surface area contributed by atoms with E-state index in [1.807, 2.05) is 4.90 Å². The number of piperidine rings is 1. The molecular formula is C17H23NO4. The lowest BCUT2D eigenvalue weighted by molar-refractivity contribution is -0.139. The van der Waals surface area contributed by atoms with E-state index in [0.29, 0.717) is 17.2 Å². The maximum Gasteiger partial charge on any atom is 0.337 e. The molecule has 5 heteroatoms. The Morgan fingerprint density at radius 1 is 1.18 bits per heavy atom. The van der Waals surface area contributed by atoms with Gasteiger partial charge in [-0.25, -0.2) is 4.79 Å². The van der Waals surface area contributed by atoms with Crippen LogP contribution < -0.4 is 4.74 Å². The molecule has 1 heterocycles. The van der Waals surface area contributed by atoms with Crippen LogP contribution in [0, 0.1) is 5.92 Å². The third kappa shape index (κ3) is 4.00. The summed E-state index contributed by atoms with van der Waals surface area (Å²) >= 11 is 0. The number of methoxy groups -OCH3 is 1. The van der Waals surface area contributed by atoms with Crippen LogP contribution in [-0.4, -0.2) is 43.1 Å². The number of carbonyl (C=O) groups is 2. The van der Waals surface area contributed by atoms with E-state index in [1.165, 1.54) is 7.11 Å². The molecule has 120 valence electrons. The minimum absolute atomic E-state index is 0.0175. The minimum atomic E-state index is -0.530. The monoisotopic (exact) mass is 305 g/mol. The van der Waals surface area contributed by atoms with Gasteiger partial charge in [-0.15, -0.1) is 0 Å². The molecule has 1 atom stereocenters. The van der Waals surface area contributed by atoms with Crippen LogP contribution in [0.5, 0.6) is 5.75 Å². The third-order valence-corrected chi connectivity index (χ3v) is 4.03. The molecule has 1 aromatic carbocycles. The Kier molecular flexibility index (Phi) is 5.41. The molecule has 1 aliphatic rings. The fourth-order valence-electron chi connectivity index (χ4n) is 2.53. The van der Waals surface area contributed by atoms with E-state index in [1.54, 1.807) is 31.2 Å². The van der Waals surface area contributed by atoms with Crippen LogP contribution in [0.1, 0.15) is 37.0 Å². The smallest absolute Gasteiger partial charge is 0.337 e. The largest absolute Gasteiger partial charge is 0.481 e. The van der Waals surface area contributed by atoms with Gasteiger partial charge in [0.2, 0.25) is 0 Å². The van der Waals surface area contributed by atoms with Gasteiger partial charge in [0.25, 0.3) is 5.91 Å². The van der Waals surface area contributed by atoms with E-state index in [-0.39, 0.29) is 5.91 Å². The molecule has 1 amide bonds. The summed E-state index contributed by atoms with van der Waals surface area (Å²) in [6.07, 6.45) is 1.57. The highest BCUT2D eigenvalue weighted by molar-refractivity contribution is 5.89. The second-order valence-electron chi connectivity index (χ2n) is 5.78. The van der Waals surface area contributed by atoms with Crippen molar-refractivity contribution >= 4 is 11.9 Å². The molecular weight excluding hydrogens is 282 g/mol. The Hall–Kier alpha value is -2.04. The zero-order valence-corrected chi connectivity index (χ0v) is 13.4. The van der Waals surface area contributed by atoms with Crippen molar-refractivity contribution in [3.63, 3.8) is 0 Å². The molecule has 1 aliphatic heterocycles. The number of amides is 1. The topological polar surface area (TPSA) is 55.8 Å². The number of hydrogen-bond donors (Lipinski definition) is 0. The zero-order chi connectivity index (χ0) is 16.1. The van der Waals surface area contributed by atoms with Crippen LogP contribution in [0.25, 0.3) is 0 Å². The molecule has 0 bridgehead atoms. The van der Waals surface area contributed by atoms with Crippen molar-refractivity contribution in [3.05, 3.63) is 29.8 Å². The van der Waals surface area contributed by atoms with Crippen molar-refractivity contribution in [2.75, 3.05) is 20.2 Å². The Balaban J connectivity index is 1.92. The molecule has 1 unspecified atom stereocenters. The van der Waals surface area contributed by atoms with E-state index >= 15 is 0 Å². The molecule has 0 spiro atoms. The second-order valence-corrected chi connectivity index (χ2v) is 5.78. The summed E-state index contributed by atoms with van der Waals surface area (Å²) in [5.74, 6) is 0.882. The standard InChI is InChI=1S/C17H23NO4/c1-12-8-10-18(11-9-12)16(19)13(2)22-15-6-4-14(5-7-15)17(20)21-3/h4-7,12-13H,8-11H2,1-3H3. The van der Waals surface area contributed by atoms with Crippen molar-refractivity contribution in [1.82, 2.24) is 4.90 Å². The van der Waals surface area contributed by atoms with Gasteiger partial charge in [0.1, 0.15) is 5.75 Å². The third-order valence-electron chi connectivity index (χ3n) is 4.03. The SMILES string of the molecule is COC(=O)c1ccc(OC(C)C(=O)N2CCC(C)CC2)cc1. The lowest BCUT2D eigenvalue weighted by atomic mass is 9.99. The Morgan fingerprint density at radius 2 is 1.77 bits per heavy atom. The van der Waals surface area contributed by atoms with Gasteiger partial charge in [-0.2, -0.15) is 0 Å². The quantitative estimate of drug-likeness (QED) is 0.802. The van der Waals surface area contributed by atoms with Crippen LogP contribution in [0.4, 0.5) is 0 Å². The summed E-state index contributed by atoms with van der Waals surface area (Å²) < 4.78 is 10.3. The number of benzene rings is 1. The van der Waals surface area contributed by atoms with E-state index in [2.05, 4.69) is 11.7 Å². The molecule has 1 saturated heterocycles. The average molecular weight is 305 g/mol. The molecule has 0 N–H and O–H groups in total. The summed E-state index contributed by atoms with van der Waals surface area (Å²) in [4.78, 5) is 25.6. The fourth-order valence-corrected chi connectivity index (χ4v) is 2.53. The first-order valence-electron chi connectivity index (χ1n) is 7.65. The summed E-state index contributed by atoms with van der Waals surface area (Å²) in [6.45, 7) is 5.57. The summed E-state index contributed by atoms with van der Waals surface area (Å²) in [6, 6.07) is 6.60. The number of hydrogen-bond acceptors (Lipinski definition) is 4. The van der Waals surface area contributed by atoms with Crippen LogP contribution in [0.2, 0.25) is 0 Å².